The van der Waals surface area contributed by atoms with Crippen LogP contribution in [-0.4, -0.2) is 14.9 Å². The Morgan fingerprint density at radius 3 is 2.47 bits per heavy atom. The summed E-state index contributed by atoms with van der Waals surface area (Å²) < 4.78 is 1.66. The van der Waals surface area contributed by atoms with E-state index >= 15 is 0 Å². The Kier molecular flexibility index (Phi) is 3.47. The van der Waals surface area contributed by atoms with E-state index in [-0.39, 0.29) is 0 Å². The minimum Gasteiger partial charge on any atom is -0.493 e. The van der Waals surface area contributed by atoms with Gasteiger partial charge in [0.05, 0.1) is 5.69 Å². The van der Waals surface area contributed by atoms with E-state index in [0.29, 0.717) is 12.4 Å². The molecule has 1 aromatic carbocycles. The highest BCUT2D eigenvalue weighted by molar-refractivity contribution is 5.65. The first kappa shape index (κ1) is 11.7. The maximum atomic E-state index is 10.1. The predicted molar refractivity (Wildman–Crippen MR) is 69.0 cm³/mol. The Morgan fingerprint density at radius 1 is 1.18 bits per heavy atom. The number of rotatable bonds is 4. The SMILES string of the molecule is CCCc1c(-c2ccccc2)nn(CC)c1O. The molecule has 0 aliphatic heterocycles. The number of nitrogens with zero attached hydrogens (tertiary/aromatic N) is 2. The topological polar surface area (TPSA) is 38.0 Å². The Balaban J connectivity index is 2.53. The lowest BCUT2D eigenvalue weighted by Crippen LogP contribution is -1.95. The molecule has 0 radical (unpaired) electrons. The fourth-order valence-electron chi connectivity index (χ4n) is 2.02. The van der Waals surface area contributed by atoms with Gasteiger partial charge in [0.2, 0.25) is 5.88 Å². The number of hydrogen-bond acceptors (Lipinski definition) is 2. The van der Waals surface area contributed by atoms with E-state index in [0.717, 1.165) is 29.7 Å². The third kappa shape index (κ3) is 2.18. The van der Waals surface area contributed by atoms with Crippen LogP contribution in [0, 0.1) is 0 Å². The standard InChI is InChI=1S/C14H18N2O/c1-3-8-12-13(11-9-6-5-7-10-11)15-16(4-2)14(12)17/h5-7,9-10,17H,3-4,8H2,1-2H3. The zero-order chi connectivity index (χ0) is 12.3. The molecule has 0 saturated heterocycles. The summed E-state index contributed by atoms with van der Waals surface area (Å²) in [6, 6.07) is 10.0. The van der Waals surface area contributed by atoms with Gasteiger partial charge in [-0.25, -0.2) is 4.68 Å². The van der Waals surface area contributed by atoms with Gasteiger partial charge in [-0.3, -0.25) is 0 Å². The van der Waals surface area contributed by atoms with Crippen LogP contribution >= 0.6 is 0 Å². The quantitative estimate of drug-likeness (QED) is 0.875. The van der Waals surface area contributed by atoms with Crippen LogP contribution in [0.15, 0.2) is 30.3 Å². The number of aryl methyl sites for hydroxylation is 1. The Bertz CT molecular complexity index is 488. The van der Waals surface area contributed by atoms with Gasteiger partial charge in [0, 0.05) is 17.7 Å². The molecule has 0 spiro atoms. The molecule has 3 nitrogen and oxygen atoms in total. The molecule has 0 fully saturated rings. The van der Waals surface area contributed by atoms with E-state index < -0.39 is 0 Å². The Morgan fingerprint density at radius 2 is 1.88 bits per heavy atom. The van der Waals surface area contributed by atoms with Crippen molar-refractivity contribution < 1.29 is 5.11 Å². The Labute approximate surface area is 102 Å². The van der Waals surface area contributed by atoms with Crippen LogP contribution in [0.2, 0.25) is 0 Å². The van der Waals surface area contributed by atoms with Gasteiger partial charge in [-0.05, 0) is 13.3 Å². The summed E-state index contributed by atoms with van der Waals surface area (Å²) in [5.74, 6) is 0.313. The Hall–Kier alpha value is -1.77. The van der Waals surface area contributed by atoms with Crippen molar-refractivity contribution in [2.24, 2.45) is 0 Å². The molecule has 1 aromatic heterocycles. The first-order valence-electron chi connectivity index (χ1n) is 6.12. The molecule has 0 unspecified atom stereocenters. The molecule has 0 aliphatic carbocycles. The van der Waals surface area contributed by atoms with Crippen LogP contribution in [-0.2, 0) is 13.0 Å². The maximum absolute atomic E-state index is 10.1. The van der Waals surface area contributed by atoms with Gasteiger partial charge >= 0.3 is 0 Å². The van der Waals surface area contributed by atoms with Crippen molar-refractivity contribution in [3.8, 4) is 17.1 Å². The summed E-state index contributed by atoms with van der Waals surface area (Å²) in [5.41, 5.74) is 2.94. The van der Waals surface area contributed by atoms with Gasteiger partial charge in [0.15, 0.2) is 0 Å². The molecular weight excluding hydrogens is 212 g/mol. The first-order valence-corrected chi connectivity index (χ1v) is 6.12. The van der Waals surface area contributed by atoms with Crippen molar-refractivity contribution in [1.82, 2.24) is 9.78 Å². The number of hydrogen-bond donors (Lipinski definition) is 1. The summed E-state index contributed by atoms with van der Waals surface area (Å²) in [5, 5.41) is 14.6. The third-order valence-electron chi connectivity index (χ3n) is 2.87. The summed E-state index contributed by atoms with van der Waals surface area (Å²) in [6.07, 6.45) is 1.86. The maximum Gasteiger partial charge on any atom is 0.213 e. The van der Waals surface area contributed by atoms with Crippen LogP contribution in [0.4, 0.5) is 0 Å². The minimum absolute atomic E-state index is 0.313. The lowest BCUT2D eigenvalue weighted by molar-refractivity contribution is 0.400. The van der Waals surface area contributed by atoms with Gasteiger partial charge in [-0.1, -0.05) is 43.7 Å². The molecule has 0 aliphatic rings. The zero-order valence-corrected chi connectivity index (χ0v) is 10.3. The van der Waals surface area contributed by atoms with Crippen molar-refractivity contribution in [3.63, 3.8) is 0 Å². The third-order valence-corrected chi connectivity index (χ3v) is 2.87. The number of aromatic nitrogens is 2. The van der Waals surface area contributed by atoms with E-state index in [1.165, 1.54) is 0 Å². The van der Waals surface area contributed by atoms with E-state index in [9.17, 15) is 5.11 Å². The highest BCUT2D eigenvalue weighted by Gasteiger charge is 2.16. The second kappa shape index (κ2) is 5.04. The largest absolute Gasteiger partial charge is 0.493 e. The highest BCUT2D eigenvalue weighted by atomic mass is 16.3. The van der Waals surface area contributed by atoms with Gasteiger partial charge in [0.1, 0.15) is 0 Å². The van der Waals surface area contributed by atoms with Crippen LogP contribution in [0.3, 0.4) is 0 Å². The van der Waals surface area contributed by atoms with E-state index in [4.69, 9.17) is 0 Å². The van der Waals surface area contributed by atoms with Gasteiger partial charge in [0.25, 0.3) is 0 Å². The summed E-state index contributed by atoms with van der Waals surface area (Å²) in [7, 11) is 0. The first-order chi connectivity index (χ1) is 8.27. The van der Waals surface area contributed by atoms with Crippen molar-refractivity contribution in [3.05, 3.63) is 35.9 Å². The fourth-order valence-corrected chi connectivity index (χ4v) is 2.02. The summed E-state index contributed by atoms with van der Waals surface area (Å²) in [4.78, 5) is 0. The number of benzene rings is 1. The molecule has 2 rings (SSSR count). The van der Waals surface area contributed by atoms with Crippen molar-refractivity contribution >= 4 is 0 Å². The molecule has 0 amide bonds. The second-order valence-corrected chi connectivity index (χ2v) is 4.08. The fraction of sp³-hybridized carbons (Fsp3) is 0.357. The van der Waals surface area contributed by atoms with Crippen LogP contribution in [0.1, 0.15) is 25.8 Å². The lowest BCUT2D eigenvalue weighted by atomic mass is 10.0. The summed E-state index contributed by atoms with van der Waals surface area (Å²) >= 11 is 0. The average Bonchev–Trinajstić information content (AvgIpc) is 2.69. The molecule has 90 valence electrons. The van der Waals surface area contributed by atoms with Crippen molar-refractivity contribution in [1.29, 1.82) is 0 Å². The molecule has 1 N–H and O–H groups in total. The van der Waals surface area contributed by atoms with Gasteiger partial charge in [-0.2, -0.15) is 5.10 Å². The van der Waals surface area contributed by atoms with E-state index in [1.807, 2.05) is 37.3 Å². The van der Waals surface area contributed by atoms with E-state index in [2.05, 4.69) is 12.0 Å². The lowest BCUT2D eigenvalue weighted by Gasteiger charge is -2.01. The molecule has 0 atom stereocenters. The molecule has 0 bridgehead atoms. The van der Waals surface area contributed by atoms with Crippen LogP contribution in [0.25, 0.3) is 11.3 Å². The monoisotopic (exact) mass is 230 g/mol. The average molecular weight is 230 g/mol. The smallest absolute Gasteiger partial charge is 0.213 e. The van der Waals surface area contributed by atoms with Gasteiger partial charge in [-0.15, -0.1) is 0 Å². The minimum atomic E-state index is 0.313. The summed E-state index contributed by atoms with van der Waals surface area (Å²) in [6.45, 7) is 4.78. The zero-order valence-electron chi connectivity index (χ0n) is 10.3. The van der Waals surface area contributed by atoms with E-state index in [1.54, 1.807) is 4.68 Å². The molecule has 0 saturated carbocycles. The molecular formula is C14H18N2O. The number of aromatic hydroxyl groups is 1. The van der Waals surface area contributed by atoms with Crippen LogP contribution < -0.4 is 0 Å². The molecule has 2 aromatic rings. The molecule has 1 heterocycles. The second-order valence-electron chi connectivity index (χ2n) is 4.08. The van der Waals surface area contributed by atoms with Crippen molar-refractivity contribution in [2.45, 2.75) is 33.2 Å². The predicted octanol–water partition coefficient (Wildman–Crippen LogP) is 3.23. The highest BCUT2D eigenvalue weighted by Crippen LogP contribution is 2.30. The normalized spacial score (nSPS) is 10.7. The van der Waals surface area contributed by atoms with Gasteiger partial charge < -0.3 is 5.11 Å². The molecule has 3 heteroatoms. The van der Waals surface area contributed by atoms with Crippen LogP contribution in [0.5, 0.6) is 5.88 Å². The van der Waals surface area contributed by atoms with Crippen molar-refractivity contribution in [2.75, 3.05) is 0 Å². The molecule has 17 heavy (non-hydrogen) atoms.